The zero-order chi connectivity index (χ0) is 0. The molecule has 0 rings (SSSR count). The first-order valence-corrected chi connectivity index (χ1v) is 0. The number of rotatable bonds is 0. The summed E-state index contributed by atoms with van der Waals surface area (Å²) in [4.78, 5) is 0. The second-order valence-corrected chi connectivity index (χ2v) is 0. The monoisotopic (exact) mass is 424 g/mol. The Kier molecular flexibility index (Phi) is 136. The van der Waals surface area contributed by atoms with Crippen molar-refractivity contribution < 1.29 is 54.3 Å². The molecular formula is BiCoMoNi. The largest absolute Gasteiger partial charge is 0 e. The first-order valence-electron chi connectivity index (χ1n) is 0. The van der Waals surface area contributed by atoms with E-state index in [9.17, 15) is 0 Å². The fraction of sp³-hybridized carbons (Fsp3) is 0. The summed E-state index contributed by atoms with van der Waals surface area (Å²) in [5, 5.41) is 0. The quantitative estimate of drug-likeness (QED) is 0.467. The molecule has 0 amide bonds. The van der Waals surface area contributed by atoms with E-state index in [4.69, 9.17) is 0 Å². The zero-order valence-corrected chi connectivity index (χ0v) is 9.02. The molecule has 0 spiro atoms. The van der Waals surface area contributed by atoms with Crippen LogP contribution in [0.5, 0.6) is 0 Å². The van der Waals surface area contributed by atoms with Crippen LogP contribution in [0.2, 0.25) is 0 Å². The molecule has 0 heterocycles. The van der Waals surface area contributed by atoms with E-state index in [2.05, 4.69) is 0 Å². The van der Waals surface area contributed by atoms with Gasteiger partial charge in [0.2, 0.25) is 0 Å². The van der Waals surface area contributed by atoms with Gasteiger partial charge in [-0.2, -0.15) is 0 Å². The molecule has 4 heteroatoms. The molecule has 0 aliphatic heterocycles. The van der Waals surface area contributed by atoms with Gasteiger partial charge in [-0.05, 0) is 0 Å². The van der Waals surface area contributed by atoms with Gasteiger partial charge < -0.3 is 0 Å². The summed E-state index contributed by atoms with van der Waals surface area (Å²) in [6.07, 6.45) is 0. The molecule has 0 atom stereocenters. The summed E-state index contributed by atoms with van der Waals surface area (Å²) in [6, 6.07) is 0. The molecule has 30 valence electrons. The average Bonchev–Trinajstić information content (AvgIpc) is 0. The van der Waals surface area contributed by atoms with Crippen molar-refractivity contribution in [2.75, 3.05) is 0 Å². The van der Waals surface area contributed by atoms with Crippen LogP contribution in [0.1, 0.15) is 0 Å². The molecule has 4 radical (unpaired) electrons. The molecule has 4 heavy (non-hydrogen) atoms. The third kappa shape index (κ3) is 8.82. The second-order valence-electron chi connectivity index (χ2n) is 0. The van der Waals surface area contributed by atoms with Crippen molar-refractivity contribution in [2.24, 2.45) is 0 Å². The van der Waals surface area contributed by atoms with Crippen LogP contribution in [-0.2, 0) is 54.3 Å². The predicted octanol–water partition coefficient (Wildman–Crippen LogP) is -0.388. The van der Waals surface area contributed by atoms with Crippen molar-refractivity contribution in [3.8, 4) is 0 Å². The first kappa shape index (κ1) is 30.8. The Balaban J connectivity index is 0. The standard InChI is InChI=1S/Bi.Co.Mo.Ni. The van der Waals surface area contributed by atoms with E-state index in [0.717, 1.165) is 0 Å². The van der Waals surface area contributed by atoms with Crippen LogP contribution in [0.4, 0.5) is 0 Å². The van der Waals surface area contributed by atoms with Gasteiger partial charge in [-0.1, -0.05) is 0 Å². The minimum atomic E-state index is 0. The van der Waals surface area contributed by atoms with Crippen molar-refractivity contribution in [1.82, 2.24) is 0 Å². The van der Waals surface area contributed by atoms with Crippen LogP contribution >= 0.6 is 0 Å². The van der Waals surface area contributed by atoms with Gasteiger partial charge in [-0.25, -0.2) is 0 Å². The molecule has 0 aliphatic rings. The van der Waals surface area contributed by atoms with E-state index in [1.54, 1.807) is 0 Å². The van der Waals surface area contributed by atoms with Crippen molar-refractivity contribution in [3.63, 3.8) is 0 Å². The van der Waals surface area contributed by atoms with E-state index < -0.39 is 0 Å². The normalized spacial score (nSPS) is 0. The van der Waals surface area contributed by atoms with Gasteiger partial charge in [0.25, 0.3) is 0 Å². The minimum Gasteiger partial charge on any atom is 0 e. The van der Waals surface area contributed by atoms with Crippen molar-refractivity contribution >= 4 is 26.2 Å². The van der Waals surface area contributed by atoms with E-state index >= 15 is 0 Å². The van der Waals surface area contributed by atoms with Crippen LogP contribution in [0.3, 0.4) is 0 Å². The fourth-order valence-corrected chi connectivity index (χ4v) is 0. The molecular weight excluding hydrogens is 423 g/mol. The van der Waals surface area contributed by atoms with Crippen LogP contribution in [0.15, 0.2) is 0 Å². The van der Waals surface area contributed by atoms with E-state index in [0.29, 0.717) is 0 Å². The summed E-state index contributed by atoms with van der Waals surface area (Å²) in [6.45, 7) is 0. The topological polar surface area (TPSA) is 0 Å². The fourth-order valence-electron chi connectivity index (χ4n) is 0. The third-order valence-electron chi connectivity index (χ3n) is 0. The molecule has 0 fully saturated rings. The van der Waals surface area contributed by atoms with E-state index in [-0.39, 0.29) is 80.5 Å². The molecule has 0 saturated heterocycles. The molecule has 0 aromatic rings. The molecule has 0 aliphatic carbocycles. The van der Waals surface area contributed by atoms with Gasteiger partial charge in [0, 0.05) is 80.5 Å². The van der Waals surface area contributed by atoms with Gasteiger partial charge in [-0.15, -0.1) is 0 Å². The Morgan fingerprint density at radius 2 is 1.00 bits per heavy atom. The summed E-state index contributed by atoms with van der Waals surface area (Å²) in [7, 11) is 0. The van der Waals surface area contributed by atoms with Crippen molar-refractivity contribution in [2.45, 2.75) is 0 Å². The Morgan fingerprint density at radius 1 is 1.00 bits per heavy atom. The van der Waals surface area contributed by atoms with Crippen molar-refractivity contribution in [3.05, 3.63) is 0 Å². The summed E-state index contributed by atoms with van der Waals surface area (Å²) >= 11 is 0. The molecule has 0 N–H and O–H groups in total. The molecule has 0 bridgehead atoms. The van der Waals surface area contributed by atoms with Crippen LogP contribution < -0.4 is 0 Å². The van der Waals surface area contributed by atoms with Crippen LogP contribution in [0.25, 0.3) is 0 Å². The van der Waals surface area contributed by atoms with Crippen LogP contribution in [-0.4, -0.2) is 26.2 Å². The zero-order valence-electron chi connectivity index (χ0n) is 1.51. The number of hydrogen-bond donors (Lipinski definition) is 0. The predicted molar refractivity (Wildman–Crippen MR) is 5.75 cm³/mol. The Bertz CT molecular complexity index is 8.00. The van der Waals surface area contributed by atoms with Crippen LogP contribution in [0, 0.1) is 0 Å². The van der Waals surface area contributed by atoms with Gasteiger partial charge in [0.1, 0.15) is 0 Å². The van der Waals surface area contributed by atoms with E-state index in [1.165, 1.54) is 0 Å². The molecule has 0 aromatic heterocycles. The van der Waals surface area contributed by atoms with Gasteiger partial charge in [0.15, 0.2) is 0 Å². The maximum absolute atomic E-state index is 0. The minimum absolute atomic E-state index is 0. The maximum atomic E-state index is 0. The molecule has 0 nitrogen and oxygen atoms in total. The first-order chi connectivity index (χ1) is 0. The summed E-state index contributed by atoms with van der Waals surface area (Å²) in [5.41, 5.74) is 0. The summed E-state index contributed by atoms with van der Waals surface area (Å²) < 4.78 is 0. The van der Waals surface area contributed by atoms with Gasteiger partial charge in [0.05, 0.1) is 0 Å². The van der Waals surface area contributed by atoms with E-state index in [1.807, 2.05) is 0 Å². The van der Waals surface area contributed by atoms with Gasteiger partial charge in [-0.3, -0.25) is 0 Å². The number of hydrogen-bond acceptors (Lipinski definition) is 0. The second kappa shape index (κ2) is 17.6. The third-order valence-corrected chi connectivity index (χ3v) is 0. The van der Waals surface area contributed by atoms with Crippen molar-refractivity contribution in [1.29, 1.82) is 0 Å². The maximum Gasteiger partial charge on any atom is 0 e. The smallest absolute Gasteiger partial charge is 0 e. The summed E-state index contributed by atoms with van der Waals surface area (Å²) in [5.74, 6) is 0. The Labute approximate surface area is 79.4 Å². The average molecular weight is 423 g/mol. The Hall–Kier alpha value is 2.57. The molecule has 0 saturated carbocycles. The molecule has 0 aromatic carbocycles. The van der Waals surface area contributed by atoms with Gasteiger partial charge >= 0.3 is 0 Å². The molecule has 0 unspecified atom stereocenters. The Morgan fingerprint density at radius 3 is 1.00 bits per heavy atom. The SMILES string of the molecule is [Bi].[Co].[Mo].[Ni].